The molecule has 0 bridgehead atoms. The van der Waals surface area contributed by atoms with Crippen molar-refractivity contribution in [3.63, 3.8) is 0 Å². The van der Waals surface area contributed by atoms with Crippen LogP contribution in [-0.4, -0.2) is 21.6 Å². The number of aromatic nitrogens is 2. The van der Waals surface area contributed by atoms with Crippen LogP contribution in [-0.2, 0) is 13.0 Å². The molecule has 0 spiro atoms. The van der Waals surface area contributed by atoms with E-state index in [9.17, 15) is 5.11 Å². The Bertz CT molecular complexity index is 554. The van der Waals surface area contributed by atoms with E-state index in [-0.39, 0.29) is 5.75 Å². The van der Waals surface area contributed by atoms with Crippen molar-refractivity contribution in [2.45, 2.75) is 13.0 Å². The van der Waals surface area contributed by atoms with E-state index in [2.05, 4.69) is 15.3 Å². The molecule has 0 saturated heterocycles. The van der Waals surface area contributed by atoms with Gasteiger partial charge in [0.15, 0.2) is 5.82 Å². The van der Waals surface area contributed by atoms with Gasteiger partial charge >= 0.3 is 0 Å². The fraction of sp³-hybridized carbons (Fsp3) is 0.231. The lowest BCUT2D eigenvalue weighted by molar-refractivity contribution is 0.475. The lowest BCUT2D eigenvalue weighted by Gasteiger charge is -2.16. The molecule has 17 heavy (non-hydrogen) atoms. The van der Waals surface area contributed by atoms with Crippen molar-refractivity contribution >= 4 is 0 Å². The standard InChI is InChI=1S/C13H13N3O/c17-11-3-1-2-9(6-11)13-15-8-10-7-14-5-4-12(10)16-13/h1-3,6,8,14,17H,4-5,7H2. The van der Waals surface area contributed by atoms with E-state index in [1.807, 2.05) is 12.3 Å². The van der Waals surface area contributed by atoms with Gasteiger partial charge in [0.25, 0.3) is 0 Å². The van der Waals surface area contributed by atoms with Gasteiger partial charge in [0.1, 0.15) is 5.75 Å². The molecule has 86 valence electrons. The summed E-state index contributed by atoms with van der Waals surface area (Å²) in [5, 5.41) is 12.7. The summed E-state index contributed by atoms with van der Waals surface area (Å²) in [6.45, 7) is 1.80. The fourth-order valence-corrected chi connectivity index (χ4v) is 2.02. The van der Waals surface area contributed by atoms with Crippen LogP contribution in [0.25, 0.3) is 11.4 Å². The molecule has 4 heteroatoms. The number of nitrogens with zero attached hydrogens (tertiary/aromatic N) is 2. The number of hydrogen-bond acceptors (Lipinski definition) is 4. The quantitative estimate of drug-likeness (QED) is 0.775. The number of phenolic OH excluding ortho intramolecular Hbond substituents is 1. The highest BCUT2D eigenvalue weighted by Gasteiger charge is 2.12. The first kappa shape index (κ1) is 10.2. The Kier molecular flexibility index (Phi) is 2.49. The Morgan fingerprint density at radius 3 is 3.12 bits per heavy atom. The molecule has 0 aliphatic carbocycles. The maximum atomic E-state index is 9.45. The average Bonchev–Trinajstić information content (AvgIpc) is 2.38. The molecule has 1 aromatic carbocycles. The highest BCUT2D eigenvalue weighted by molar-refractivity contribution is 5.57. The fourth-order valence-electron chi connectivity index (χ4n) is 2.02. The van der Waals surface area contributed by atoms with E-state index in [4.69, 9.17) is 0 Å². The van der Waals surface area contributed by atoms with Crippen molar-refractivity contribution < 1.29 is 5.11 Å². The minimum Gasteiger partial charge on any atom is -0.508 e. The zero-order valence-electron chi connectivity index (χ0n) is 9.35. The molecule has 1 aromatic heterocycles. The Balaban J connectivity index is 2.04. The topological polar surface area (TPSA) is 58.0 Å². The predicted molar refractivity (Wildman–Crippen MR) is 64.5 cm³/mol. The summed E-state index contributed by atoms with van der Waals surface area (Å²) in [6.07, 6.45) is 2.80. The number of nitrogens with one attached hydrogen (secondary N) is 1. The highest BCUT2D eigenvalue weighted by atomic mass is 16.3. The van der Waals surface area contributed by atoms with E-state index < -0.39 is 0 Å². The molecule has 0 atom stereocenters. The van der Waals surface area contributed by atoms with Crippen LogP contribution < -0.4 is 5.32 Å². The molecular weight excluding hydrogens is 214 g/mol. The van der Waals surface area contributed by atoms with Crippen LogP contribution in [0.4, 0.5) is 0 Å². The number of benzene rings is 1. The van der Waals surface area contributed by atoms with Crippen LogP contribution in [0.5, 0.6) is 5.75 Å². The predicted octanol–water partition coefficient (Wildman–Crippen LogP) is 1.49. The Morgan fingerprint density at radius 1 is 1.29 bits per heavy atom. The van der Waals surface area contributed by atoms with Crippen molar-refractivity contribution in [1.29, 1.82) is 0 Å². The molecule has 2 heterocycles. The van der Waals surface area contributed by atoms with Crippen LogP contribution in [0.2, 0.25) is 0 Å². The average molecular weight is 227 g/mol. The van der Waals surface area contributed by atoms with Crippen molar-refractivity contribution in [3.05, 3.63) is 41.7 Å². The molecule has 0 saturated carbocycles. The SMILES string of the molecule is Oc1cccc(-c2ncc3c(n2)CCNC3)c1. The molecular formula is C13H13N3O. The maximum absolute atomic E-state index is 9.45. The number of fused-ring (bicyclic) bond motifs is 1. The first-order valence-electron chi connectivity index (χ1n) is 5.68. The Morgan fingerprint density at radius 2 is 2.24 bits per heavy atom. The molecule has 1 aliphatic rings. The lowest BCUT2D eigenvalue weighted by Crippen LogP contribution is -2.24. The summed E-state index contributed by atoms with van der Waals surface area (Å²) < 4.78 is 0. The summed E-state index contributed by atoms with van der Waals surface area (Å²) in [7, 11) is 0. The monoisotopic (exact) mass is 227 g/mol. The van der Waals surface area contributed by atoms with E-state index in [0.29, 0.717) is 5.82 Å². The first-order chi connectivity index (χ1) is 8.33. The van der Waals surface area contributed by atoms with Crippen molar-refractivity contribution in [1.82, 2.24) is 15.3 Å². The molecule has 0 fully saturated rings. The highest BCUT2D eigenvalue weighted by Crippen LogP contribution is 2.21. The zero-order chi connectivity index (χ0) is 11.7. The third kappa shape index (κ3) is 1.99. The van der Waals surface area contributed by atoms with Gasteiger partial charge in [-0.1, -0.05) is 12.1 Å². The maximum Gasteiger partial charge on any atom is 0.159 e. The third-order valence-electron chi connectivity index (χ3n) is 2.91. The lowest BCUT2D eigenvalue weighted by atomic mass is 10.1. The molecule has 0 unspecified atom stereocenters. The van der Waals surface area contributed by atoms with Crippen LogP contribution >= 0.6 is 0 Å². The summed E-state index contributed by atoms with van der Waals surface area (Å²) >= 11 is 0. The van der Waals surface area contributed by atoms with Crippen LogP contribution in [0.3, 0.4) is 0 Å². The van der Waals surface area contributed by atoms with Crippen LogP contribution in [0.15, 0.2) is 30.5 Å². The summed E-state index contributed by atoms with van der Waals surface area (Å²) in [6, 6.07) is 7.03. The van der Waals surface area contributed by atoms with E-state index in [1.165, 1.54) is 5.56 Å². The minimum absolute atomic E-state index is 0.241. The van der Waals surface area contributed by atoms with Crippen molar-refractivity contribution in [3.8, 4) is 17.1 Å². The molecule has 2 N–H and O–H groups in total. The Labute approximate surface area is 99.4 Å². The number of hydrogen-bond donors (Lipinski definition) is 2. The summed E-state index contributed by atoms with van der Waals surface area (Å²) in [5.74, 6) is 0.923. The third-order valence-corrected chi connectivity index (χ3v) is 2.91. The van der Waals surface area contributed by atoms with Crippen molar-refractivity contribution in [2.75, 3.05) is 6.54 Å². The molecule has 2 aromatic rings. The van der Waals surface area contributed by atoms with Gasteiger partial charge in [-0.25, -0.2) is 9.97 Å². The molecule has 3 rings (SSSR count). The zero-order valence-corrected chi connectivity index (χ0v) is 9.35. The van der Waals surface area contributed by atoms with Gasteiger partial charge in [-0.3, -0.25) is 0 Å². The molecule has 4 nitrogen and oxygen atoms in total. The van der Waals surface area contributed by atoms with E-state index >= 15 is 0 Å². The minimum atomic E-state index is 0.241. The normalized spacial score (nSPS) is 14.4. The van der Waals surface area contributed by atoms with E-state index in [0.717, 1.165) is 30.8 Å². The second kappa shape index (κ2) is 4.14. The van der Waals surface area contributed by atoms with Gasteiger partial charge < -0.3 is 10.4 Å². The molecule has 0 radical (unpaired) electrons. The summed E-state index contributed by atoms with van der Waals surface area (Å²) in [4.78, 5) is 8.90. The first-order valence-corrected chi connectivity index (χ1v) is 5.68. The van der Waals surface area contributed by atoms with Gasteiger partial charge in [0.2, 0.25) is 0 Å². The molecule has 1 aliphatic heterocycles. The van der Waals surface area contributed by atoms with Gasteiger partial charge in [-0.2, -0.15) is 0 Å². The molecule has 0 amide bonds. The second-order valence-electron chi connectivity index (χ2n) is 4.14. The number of phenols is 1. The van der Waals surface area contributed by atoms with Gasteiger partial charge in [0, 0.05) is 36.8 Å². The van der Waals surface area contributed by atoms with E-state index in [1.54, 1.807) is 18.2 Å². The van der Waals surface area contributed by atoms with Crippen LogP contribution in [0.1, 0.15) is 11.3 Å². The van der Waals surface area contributed by atoms with Gasteiger partial charge in [-0.05, 0) is 12.1 Å². The second-order valence-corrected chi connectivity index (χ2v) is 4.14. The van der Waals surface area contributed by atoms with Gasteiger partial charge in [0.05, 0.1) is 5.69 Å². The van der Waals surface area contributed by atoms with Crippen LogP contribution in [0, 0.1) is 0 Å². The smallest absolute Gasteiger partial charge is 0.159 e. The van der Waals surface area contributed by atoms with Crippen molar-refractivity contribution in [2.24, 2.45) is 0 Å². The van der Waals surface area contributed by atoms with Gasteiger partial charge in [-0.15, -0.1) is 0 Å². The Hall–Kier alpha value is -1.94. The largest absolute Gasteiger partial charge is 0.508 e. The number of rotatable bonds is 1. The summed E-state index contributed by atoms with van der Waals surface area (Å²) in [5.41, 5.74) is 3.13. The number of aromatic hydroxyl groups is 1.